The molecule has 0 amide bonds. The second kappa shape index (κ2) is 8.26. The Morgan fingerprint density at radius 2 is 2.00 bits per heavy atom. The zero-order valence-electron chi connectivity index (χ0n) is 13.9. The second-order valence-electron chi connectivity index (χ2n) is 5.36. The highest BCUT2D eigenvalue weighted by Crippen LogP contribution is 2.21. The van der Waals surface area contributed by atoms with Crippen molar-refractivity contribution < 1.29 is 4.74 Å². The lowest BCUT2D eigenvalue weighted by molar-refractivity contribution is 0.306. The van der Waals surface area contributed by atoms with Crippen molar-refractivity contribution in [1.29, 1.82) is 0 Å². The first-order valence-corrected chi connectivity index (χ1v) is 8.19. The molecule has 0 saturated carbocycles. The molecule has 0 bridgehead atoms. The van der Waals surface area contributed by atoms with E-state index in [0.717, 1.165) is 11.1 Å². The van der Waals surface area contributed by atoms with Crippen LogP contribution in [-0.2, 0) is 6.61 Å². The van der Waals surface area contributed by atoms with Crippen LogP contribution in [0.1, 0.15) is 16.8 Å². The van der Waals surface area contributed by atoms with Gasteiger partial charge in [0.1, 0.15) is 18.1 Å². The van der Waals surface area contributed by atoms with E-state index in [4.69, 9.17) is 16.3 Å². The Kier molecular flexibility index (Phi) is 5.60. The van der Waals surface area contributed by atoms with Crippen LogP contribution >= 0.6 is 11.6 Å². The summed E-state index contributed by atoms with van der Waals surface area (Å²) < 4.78 is 5.86. The van der Waals surface area contributed by atoms with Gasteiger partial charge in [-0.3, -0.25) is 5.43 Å². The predicted molar refractivity (Wildman–Crippen MR) is 101 cm³/mol. The monoisotopic (exact) mass is 369 g/mol. The number of nitrogens with zero attached hydrogens (tertiary/aromatic N) is 3. The topological polar surface area (TPSA) is 92.3 Å². The molecule has 3 rings (SSSR count). The number of para-hydroxylation sites is 1. The van der Waals surface area contributed by atoms with Crippen LogP contribution in [0, 0.1) is 6.92 Å². The maximum absolute atomic E-state index is 11.2. The Morgan fingerprint density at radius 1 is 1.23 bits per heavy atom. The van der Waals surface area contributed by atoms with Crippen molar-refractivity contribution in [2.24, 2.45) is 5.10 Å². The van der Waals surface area contributed by atoms with Gasteiger partial charge in [-0.15, -0.1) is 0 Å². The van der Waals surface area contributed by atoms with Gasteiger partial charge in [0.2, 0.25) is 0 Å². The molecular weight excluding hydrogens is 354 g/mol. The minimum Gasteiger partial charge on any atom is -0.488 e. The van der Waals surface area contributed by atoms with E-state index < -0.39 is 5.69 Å². The standard InChI is InChI=1S/C18H16ClN5O2/c1-12-17(21-18(25)24-22-12)23-20-10-13-6-3-5-9-16(13)26-11-14-7-2-4-8-15(14)19/h2-10H,11H2,1H3,(H2,21,23,24,25). The average molecular weight is 370 g/mol. The van der Waals surface area contributed by atoms with E-state index >= 15 is 0 Å². The zero-order valence-corrected chi connectivity index (χ0v) is 14.7. The quantitative estimate of drug-likeness (QED) is 0.514. The first kappa shape index (κ1) is 17.6. The van der Waals surface area contributed by atoms with Crippen LogP contribution < -0.4 is 15.9 Å². The highest BCUT2D eigenvalue weighted by molar-refractivity contribution is 6.31. The number of ether oxygens (including phenoxy) is 1. The summed E-state index contributed by atoms with van der Waals surface area (Å²) in [5, 5.41) is 10.8. The summed E-state index contributed by atoms with van der Waals surface area (Å²) in [5.74, 6) is 0.950. The predicted octanol–water partition coefficient (Wildman–Crippen LogP) is 3.15. The molecule has 2 N–H and O–H groups in total. The molecule has 26 heavy (non-hydrogen) atoms. The SMILES string of the molecule is Cc1n[nH]c(=O)nc1NN=Cc1ccccc1OCc1ccccc1Cl. The highest BCUT2D eigenvalue weighted by Gasteiger charge is 2.04. The van der Waals surface area contributed by atoms with E-state index in [1.54, 1.807) is 13.1 Å². The lowest BCUT2D eigenvalue weighted by Gasteiger charge is -2.10. The second-order valence-corrected chi connectivity index (χ2v) is 5.77. The molecular formula is C18H16ClN5O2. The molecule has 2 aromatic carbocycles. The molecule has 0 spiro atoms. The number of H-pyrrole nitrogens is 1. The van der Waals surface area contributed by atoms with Gasteiger partial charge >= 0.3 is 5.69 Å². The van der Waals surface area contributed by atoms with Crippen LogP contribution in [0.25, 0.3) is 0 Å². The average Bonchev–Trinajstić information content (AvgIpc) is 2.65. The molecule has 0 aliphatic carbocycles. The molecule has 0 atom stereocenters. The molecule has 0 aliphatic rings. The summed E-state index contributed by atoms with van der Waals surface area (Å²) in [6, 6.07) is 15.0. The first-order chi connectivity index (χ1) is 12.6. The molecule has 0 aliphatic heterocycles. The number of halogens is 1. The molecule has 8 heteroatoms. The molecule has 0 fully saturated rings. The number of rotatable bonds is 6. The van der Waals surface area contributed by atoms with Crippen molar-refractivity contribution in [2.75, 3.05) is 5.43 Å². The van der Waals surface area contributed by atoms with E-state index in [-0.39, 0.29) is 0 Å². The van der Waals surface area contributed by atoms with E-state index in [1.807, 2.05) is 48.5 Å². The van der Waals surface area contributed by atoms with Crippen molar-refractivity contribution in [1.82, 2.24) is 15.2 Å². The number of hydrazone groups is 1. The maximum atomic E-state index is 11.2. The normalized spacial score (nSPS) is 10.8. The fraction of sp³-hybridized carbons (Fsp3) is 0.111. The fourth-order valence-electron chi connectivity index (χ4n) is 2.15. The van der Waals surface area contributed by atoms with Gasteiger partial charge in [-0.2, -0.15) is 15.2 Å². The molecule has 0 saturated heterocycles. The van der Waals surface area contributed by atoms with Crippen molar-refractivity contribution in [3.63, 3.8) is 0 Å². The lowest BCUT2D eigenvalue weighted by atomic mass is 10.2. The minimum absolute atomic E-state index is 0.291. The first-order valence-electron chi connectivity index (χ1n) is 7.81. The molecule has 7 nitrogen and oxygen atoms in total. The number of aromatic amines is 1. The number of hydrogen-bond donors (Lipinski definition) is 2. The highest BCUT2D eigenvalue weighted by atomic mass is 35.5. The van der Waals surface area contributed by atoms with E-state index in [9.17, 15) is 4.79 Å². The molecule has 0 unspecified atom stereocenters. The summed E-state index contributed by atoms with van der Waals surface area (Å²) in [4.78, 5) is 15.0. The summed E-state index contributed by atoms with van der Waals surface area (Å²) in [6.45, 7) is 2.05. The summed E-state index contributed by atoms with van der Waals surface area (Å²) in [7, 11) is 0. The van der Waals surface area contributed by atoms with E-state index in [1.165, 1.54) is 0 Å². The smallest absolute Gasteiger partial charge is 0.363 e. The van der Waals surface area contributed by atoms with Crippen LogP contribution in [0.2, 0.25) is 5.02 Å². The zero-order chi connectivity index (χ0) is 18.4. The van der Waals surface area contributed by atoms with Gasteiger partial charge in [-0.05, 0) is 25.1 Å². The third-order valence-corrected chi connectivity index (χ3v) is 3.88. The van der Waals surface area contributed by atoms with Crippen LogP contribution in [-0.4, -0.2) is 21.4 Å². The van der Waals surface area contributed by atoms with Gasteiger partial charge in [0.15, 0.2) is 5.82 Å². The Morgan fingerprint density at radius 3 is 2.85 bits per heavy atom. The lowest BCUT2D eigenvalue weighted by Crippen LogP contribution is -2.15. The van der Waals surface area contributed by atoms with Crippen LogP contribution in [0.4, 0.5) is 5.82 Å². The van der Waals surface area contributed by atoms with Gasteiger partial charge in [-0.1, -0.05) is 41.9 Å². The van der Waals surface area contributed by atoms with Crippen molar-refractivity contribution in [3.05, 3.63) is 80.9 Å². The van der Waals surface area contributed by atoms with Gasteiger partial charge < -0.3 is 4.74 Å². The minimum atomic E-state index is -0.545. The van der Waals surface area contributed by atoms with Gasteiger partial charge in [0.25, 0.3) is 0 Å². The Labute approximate surface area is 154 Å². The third kappa shape index (κ3) is 4.46. The number of benzene rings is 2. The number of aromatic nitrogens is 3. The van der Waals surface area contributed by atoms with Crippen LogP contribution in [0.15, 0.2) is 58.4 Å². The maximum Gasteiger partial charge on any atom is 0.363 e. The molecule has 132 valence electrons. The van der Waals surface area contributed by atoms with E-state index in [2.05, 4.69) is 25.7 Å². The third-order valence-electron chi connectivity index (χ3n) is 3.51. The van der Waals surface area contributed by atoms with Gasteiger partial charge in [0.05, 0.1) is 6.21 Å². The van der Waals surface area contributed by atoms with Gasteiger partial charge in [0, 0.05) is 16.1 Å². The van der Waals surface area contributed by atoms with Gasteiger partial charge in [-0.25, -0.2) is 9.89 Å². The Balaban J connectivity index is 1.71. The number of hydrogen-bond acceptors (Lipinski definition) is 6. The summed E-state index contributed by atoms with van der Waals surface area (Å²) >= 11 is 6.15. The van der Waals surface area contributed by atoms with Crippen LogP contribution in [0.5, 0.6) is 5.75 Å². The number of anilines is 1. The van der Waals surface area contributed by atoms with Crippen molar-refractivity contribution in [3.8, 4) is 5.75 Å². The molecule has 1 heterocycles. The fourth-order valence-corrected chi connectivity index (χ4v) is 2.34. The number of nitrogens with one attached hydrogen (secondary N) is 2. The molecule has 0 radical (unpaired) electrons. The van der Waals surface area contributed by atoms with E-state index in [0.29, 0.717) is 28.9 Å². The number of aryl methyl sites for hydroxylation is 1. The largest absolute Gasteiger partial charge is 0.488 e. The molecule has 1 aromatic heterocycles. The van der Waals surface area contributed by atoms with Crippen molar-refractivity contribution in [2.45, 2.75) is 13.5 Å². The summed E-state index contributed by atoms with van der Waals surface area (Å²) in [6.07, 6.45) is 1.59. The Bertz CT molecular complexity index is 987. The van der Waals surface area contributed by atoms with Crippen LogP contribution in [0.3, 0.4) is 0 Å². The Hall–Kier alpha value is -3.19. The summed E-state index contributed by atoms with van der Waals surface area (Å²) in [5.41, 5.74) is 4.36. The van der Waals surface area contributed by atoms with Crippen molar-refractivity contribution >= 4 is 23.6 Å². The molecule has 3 aromatic rings.